The van der Waals surface area contributed by atoms with Gasteiger partial charge in [0.25, 0.3) is 0 Å². The first-order valence-electron chi connectivity index (χ1n) is 9.92. The number of aliphatic hydroxyl groups excluding tert-OH is 1. The molecule has 1 aliphatic heterocycles. The van der Waals surface area contributed by atoms with Crippen molar-refractivity contribution in [2.75, 3.05) is 0 Å². The summed E-state index contributed by atoms with van der Waals surface area (Å²) in [5.41, 5.74) is 1.54. The van der Waals surface area contributed by atoms with Crippen LogP contribution in [-0.4, -0.2) is 23.6 Å². The van der Waals surface area contributed by atoms with Gasteiger partial charge in [0.2, 0.25) is 0 Å². The SMILES string of the molecule is CC[C@@H](O[C@@H]1C[C@H]2[C@H]3CC[C@@](C)([C@H]2O1)C3(C)C)[C@H](O)c1ccccc1. The zero-order chi connectivity index (χ0) is 17.8. The molecule has 4 rings (SSSR count). The average molecular weight is 344 g/mol. The van der Waals surface area contributed by atoms with E-state index in [9.17, 15) is 5.11 Å². The molecule has 0 amide bonds. The van der Waals surface area contributed by atoms with Crippen LogP contribution in [-0.2, 0) is 9.47 Å². The van der Waals surface area contributed by atoms with E-state index in [1.165, 1.54) is 12.8 Å². The maximum atomic E-state index is 10.7. The predicted octanol–water partition coefficient (Wildman–Crippen LogP) is 4.70. The maximum absolute atomic E-state index is 10.7. The van der Waals surface area contributed by atoms with E-state index in [-0.39, 0.29) is 17.8 Å². The molecule has 1 saturated heterocycles. The molecular formula is C22H32O3. The Kier molecular flexibility index (Phi) is 4.25. The molecule has 3 nitrogen and oxygen atoms in total. The second-order valence-electron chi connectivity index (χ2n) is 9.11. The second kappa shape index (κ2) is 6.07. The third-order valence-electron chi connectivity index (χ3n) is 7.89. The third-order valence-corrected chi connectivity index (χ3v) is 7.89. The lowest BCUT2D eigenvalue weighted by molar-refractivity contribution is -0.204. The zero-order valence-corrected chi connectivity index (χ0v) is 15.9. The summed E-state index contributed by atoms with van der Waals surface area (Å²) in [5, 5.41) is 10.7. The highest BCUT2D eigenvalue weighted by Gasteiger charge is 2.69. The number of ether oxygens (including phenoxy) is 2. The van der Waals surface area contributed by atoms with Crippen LogP contribution in [0, 0.1) is 22.7 Å². The highest BCUT2D eigenvalue weighted by atomic mass is 16.7. The lowest BCUT2D eigenvalue weighted by atomic mass is 9.70. The molecule has 25 heavy (non-hydrogen) atoms. The largest absolute Gasteiger partial charge is 0.386 e. The van der Waals surface area contributed by atoms with Gasteiger partial charge in [-0.05, 0) is 47.5 Å². The third kappa shape index (κ3) is 2.50. The number of aliphatic hydroxyl groups is 1. The summed E-state index contributed by atoms with van der Waals surface area (Å²) in [6.07, 6.45) is 3.67. The van der Waals surface area contributed by atoms with Gasteiger partial charge in [0.15, 0.2) is 6.29 Å². The minimum atomic E-state index is -0.598. The molecule has 0 aromatic heterocycles. The Balaban J connectivity index is 1.45. The molecule has 3 aliphatic rings. The van der Waals surface area contributed by atoms with Crippen molar-refractivity contribution < 1.29 is 14.6 Å². The predicted molar refractivity (Wildman–Crippen MR) is 97.9 cm³/mol. The van der Waals surface area contributed by atoms with Gasteiger partial charge in [0, 0.05) is 6.42 Å². The quantitative estimate of drug-likeness (QED) is 0.841. The lowest BCUT2D eigenvalue weighted by Crippen LogP contribution is -2.38. The summed E-state index contributed by atoms with van der Waals surface area (Å²) in [6.45, 7) is 9.34. The van der Waals surface area contributed by atoms with E-state index in [0.29, 0.717) is 17.4 Å². The van der Waals surface area contributed by atoms with Crippen LogP contribution in [0.2, 0.25) is 0 Å². The summed E-state index contributed by atoms with van der Waals surface area (Å²) < 4.78 is 12.7. The van der Waals surface area contributed by atoms with Crippen molar-refractivity contribution in [2.24, 2.45) is 22.7 Å². The minimum absolute atomic E-state index is 0.172. The van der Waals surface area contributed by atoms with Gasteiger partial charge in [-0.2, -0.15) is 0 Å². The summed E-state index contributed by atoms with van der Waals surface area (Å²) >= 11 is 0. The van der Waals surface area contributed by atoms with Gasteiger partial charge in [-0.25, -0.2) is 0 Å². The van der Waals surface area contributed by atoms with E-state index >= 15 is 0 Å². The van der Waals surface area contributed by atoms with Crippen molar-refractivity contribution in [1.82, 2.24) is 0 Å². The molecule has 3 heteroatoms. The molecule has 2 saturated carbocycles. The molecule has 1 aromatic rings. The van der Waals surface area contributed by atoms with E-state index in [1.54, 1.807) is 0 Å². The Labute approximate surface area is 151 Å². The van der Waals surface area contributed by atoms with Crippen LogP contribution in [0.3, 0.4) is 0 Å². The number of rotatable bonds is 5. The fourth-order valence-corrected chi connectivity index (χ4v) is 6.03. The zero-order valence-electron chi connectivity index (χ0n) is 15.9. The van der Waals surface area contributed by atoms with E-state index in [0.717, 1.165) is 24.3 Å². The van der Waals surface area contributed by atoms with Crippen LogP contribution in [0.1, 0.15) is 65.0 Å². The Morgan fingerprint density at radius 1 is 1.24 bits per heavy atom. The molecule has 7 atom stereocenters. The Morgan fingerprint density at radius 3 is 2.60 bits per heavy atom. The highest BCUT2D eigenvalue weighted by Crippen LogP contribution is 2.71. The molecule has 2 bridgehead atoms. The number of hydrogen-bond acceptors (Lipinski definition) is 3. The minimum Gasteiger partial charge on any atom is -0.386 e. The molecule has 1 heterocycles. The van der Waals surface area contributed by atoms with Gasteiger partial charge in [-0.1, -0.05) is 58.0 Å². The van der Waals surface area contributed by atoms with Crippen molar-refractivity contribution in [3.63, 3.8) is 0 Å². The van der Waals surface area contributed by atoms with Gasteiger partial charge >= 0.3 is 0 Å². The molecule has 2 aliphatic carbocycles. The van der Waals surface area contributed by atoms with Crippen molar-refractivity contribution >= 4 is 0 Å². The van der Waals surface area contributed by atoms with Gasteiger partial charge in [-0.15, -0.1) is 0 Å². The normalized spacial score (nSPS) is 40.8. The van der Waals surface area contributed by atoms with E-state index in [4.69, 9.17) is 9.47 Å². The van der Waals surface area contributed by atoms with Crippen LogP contribution < -0.4 is 0 Å². The van der Waals surface area contributed by atoms with Crippen LogP contribution in [0.5, 0.6) is 0 Å². The average Bonchev–Trinajstić information content (AvgIpc) is 3.17. The molecule has 1 N–H and O–H groups in total. The van der Waals surface area contributed by atoms with E-state index < -0.39 is 6.10 Å². The van der Waals surface area contributed by atoms with Gasteiger partial charge in [0.05, 0.1) is 12.2 Å². The number of benzene rings is 1. The Bertz CT molecular complexity index is 613. The molecule has 138 valence electrons. The summed E-state index contributed by atoms with van der Waals surface area (Å²) in [6, 6.07) is 9.82. The van der Waals surface area contributed by atoms with Crippen LogP contribution >= 0.6 is 0 Å². The second-order valence-corrected chi connectivity index (χ2v) is 9.11. The van der Waals surface area contributed by atoms with Crippen LogP contribution in [0.15, 0.2) is 30.3 Å². The summed E-state index contributed by atoms with van der Waals surface area (Å²) in [5.74, 6) is 1.36. The fourth-order valence-electron chi connectivity index (χ4n) is 6.03. The van der Waals surface area contributed by atoms with E-state index in [2.05, 4.69) is 27.7 Å². The van der Waals surface area contributed by atoms with Gasteiger partial charge in [0.1, 0.15) is 6.10 Å². The first kappa shape index (κ1) is 17.5. The summed E-state index contributed by atoms with van der Waals surface area (Å²) in [4.78, 5) is 0. The molecule has 0 spiro atoms. The van der Waals surface area contributed by atoms with Crippen molar-refractivity contribution in [3.8, 4) is 0 Å². The van der Waals surface area contributed by atoms with Crippen molar-refractivity contribution in [3.05, 3.63) is 35.9 Å². The summed E-state index contributed by atoms with van der Waals surface area (Å²) in [7, 11) is 0. The fraction of sp³-hybridized carbons (Fsp3) is 0.727. The maximum Gasteiger partial charge on any atom is 0.158 e. The Hall–Kier alpha value is -0.900. The van der Waals surface area contributed by atoms with E-state index in [1.807, 2.05) is 30.3 Å². The van der Waals surface area contributed by atoms with Crippen molar-refractivity contribution in [1.29, 1.82) is 0 Å². The molecule has 0 unspecified atom stereocenters. The smallest absolute Gasteiger partial charge is 0.158 e. The van der Waals surface area contributed by atoms with Gasteiger partial charge < -0.3 is 14.6 Å². The highest BCUT2D eigenvalue weighted by molar-refractivity contribution is 5.19. The van der Waals surface area contributed by atoms with Gasteiger partial charge in [-0.3, -0.25) is 0 Å². The standard InChI is InChI=1S/C22H32O3/c1-5-17(19(23)14-9-7-6-8-10-14)24-18-13-15-16-11-12-22(4,20(15)25-18)21(16,2)3/h6-10,15-20,23H,5,11-13H2,1-4H3/t15-,16+,17+,18-,19+,20-,22-/m0/s1. The topological polar surface area (TPSA) is 38.7 Å². The molecule has 0 radical (unpaired) electrons. The van der Waals surface area contributed by atoms with Crippen molar-refractivity contribution in [2.45, 2.75) is 78.0 Å². The Morgan fingerprint density at radius 2 is 1.96 bits per heavy atom. The number of fused-ring (bicyclic) bond motifs is 5. The monoisotopic (exact) mass is 344 g/mol. The van der Waals surface area contributed by atoms with Crippen LogP contribution in [0.25, 0.3) is 0 Å². The molecule has 3 fully saturated rings. The molecule has 1 aromatic carbocycles. The first-order chi connectivity index (χ1) is 11.9. The lowest BCUT2D eigenvalue weighted by Gasteiger charge is -2.39. The van der Waals surface area contributed by atoms with Crippen LogP contribution in [0.4, 0.5) is 0 Å². The molecular weight excluding hydrogens is 312 g/mol. The first-order valence-corrected chi connectivity index (χ1v) is 9.92. The number of hydrogen-bond donors (Lipinski definition) is 1.